The van der Waals surface area contributed by atoms with Crippen molar-refractivity contribution in [3.63, 3.8) is 0 Å². The van der Waals surface area contributed by atoms with Gasteiger partial charge in [-0.05, 0) is 18.6 Å². The lowest BCUT2D eigenvalue weighted by molar-refractivity contribution is 0.262. The van der Waals surface area contributed by atoms with Gasteiger partial charge in [0, 0.05) is 23.1 Å². The molecule has 0 fully saturated rings. The number of ether oxygens (including phenoxy) is 1. The number of fused-ring (bicyclic) bond motifs is 1. The molecule has 2 aromatic carbocycles. The van der Waals surface area contributed by atoms with Crippen molar-refractivity contribution in [2.24, 2.45) is 0 Å². The maximum Gasteiger partial charge on any atom is 0.336 e. The predicted molar refractivity (Wildman–Crippen MR) is 77.8 cm³/mol. The molecule has 3 rings (SSSR count). The molecule has 0 N–H and O–H groups in total. The van der Waals surface area contributed by atoms with Crippen molar-refractivity contribution in [2.45, 2.75) is 13.5 Å². The van der Waals surface area contributed by atoms with Crippen molar-refractivity contribution >= 4 is 11.0 Å². The Morgan fingerprint density at radius 1 is 1.00 bits per heavy atom. The highest BCUT2D eigenvalue weighted by atomic mass is 19.2. The zero-order chi connectivity index (χ0) is 17.4. The lowest BCUT2D eigenvalue weighted by Crippen LogP contribution is -2.07. The predicted octanol–water partition coefficient (Wildman–Crippen LogP) is 4.24. The van der Waals surface area contributed by atoms with Crippen LogP contribution in [0.5, 0.6) is 5.75 Å². The maximum absolute atomic E-state index is 13.6. The Kier molecular flexibility index (Phi) is 4.01. The molecule has 0 saturated carbocycles. The van der Waals surface area contributed by atoms with E-state index in [1.165, 1.54) is 0 Å². The van der Waals surface area contributed by atoms with Gasteiger partial charge in [-0.25, -0.2) is 13.6 Å². The second kappa shape index (κ2) is 5.99. The molecule has 0 aliphatic carbocycles. The van der Waals surface area contributed by atoms with E-state index in [0.717, 1.165) is 11.6 Å². The van der Waals surface area contributed by atoms with Crippen LogP contribution in [0.2, 0.25) is 0 Å². The van der Waals surface area contributed by atoms with Gasteiger partial charge in [-0.2, -0.15) is 8.78 Å². The van der Waals surface area contributed by atoms with Crippen molar-refractivity contribution in [1.82, 2.24) is 0 Å². The highest BCUT2D eigenvalue weighted by Crippen LogP contribution is 2.28. The van der Waals surface area contributed by atoms with Crippen LogP contribution in [0.15, 0.2) is 39.5 Å². The van der Waals surface area contributed by atoms with E-state index < -0.39 is 41.3 Å². The third-order valence-corrected chi connectivity index (χ3v) is 3.43. The Morgan fingerprint density at radius 3 is 2.33 bits per heavy atom. The molecule has 0 unspecified atom stereocenters. The van der Waals surface area contributed by atoms with Gasteiger partial charge < -0.3 is 9.15 Å². The van der Waals surface area contributed by atoms with Gasteiger partial charge in [0.15, 0.2) is 17.4 Å². The van der Waals surface area contributed by atoms with E-state index >= 15 is 0 Å². The van der Waals surface area contributed by atoms with E-state index in [4.69, 9.17) is 9.15 Å². The van der Waals surface area contributed by atoms with Crippen LogP contribution in [-0.2, 0) is 6.61 Å². The minimum atomic E-state index is -1.64. The quantitative estimate of drug-likeness (QED) is 0.407. The molecule has 1 aromatic heterocycles. The fourth-order valence-electron chi connectivity index (χ4n) is 2.28. The Morgan fingerprint density at radius 2 is 1.67 bits per heavy atom. The normalized spacial score (nSPS) is 11.0. The number of aryl methyl sites for hydroxylation is 1. The third-order valence-electron chi connectivity index (χ3n) is 3.43. The van der Waals surface area contributed by atoms with Gasteiger partial charge >= 0.3 is 5.63 Å². The molecule has 3 nitrogen and oxygen atoms in total. The Labute approximate surface area is 133 Å². The summed E-state index contributed by atoms with van der Waals surface area (Å²) in [4.78, 5) is 11.6. The fraction of sp³-hybridized carbons (Fsp3) is 0.118. The minimum absolute atomic E-state index is 0.0901. The van der Waals surface area contributed by atoms with Crippen LogP contribution in [0.1, 0.15) is 11.1 Å². The van der Waals surface area contributed by atoms with E-state index in [-0.39, 0.29) is 17.2 Å². The molecule has 124 valence electrons. The molecular formula is C17H10F4O3. The van der Waals surface area contributed by atoms with Gasteiger partial charge in [-0.15, -0.1) is 0 Å². The molecule has 0 radical (unpaired) electrons. The molecule has 0 atom stereocenters. The van der Waals surface area contributed by atoms with Gasteiger partial charge in [-0.3, -0.25) is 0 Å². The zero-order valence-corrected chi connectivity index (χ0v) is 12.3. The summed E-state index contributed by atoms with van der Waals surface area (Å²) in [5, 5.41) is 0.484. The van der Waals surface area contributed by atoms with Crippen LogP contribution in [-0.4, -0.2) is 0 Å². The smallest absolute Gasteiger partial charge is 0.336 e. The molecule has 0 spiro atoms. The van der Waals surface area contributed by atoms with Crippen LogP contribution >= 0.6 is 0 Å². The Hall–Kier alpha value is -2.83. The van der Waals surface area contributed by atoms with Gasteiger partial charge in [0.25, 0.3) is 0 Å². The molecule has 0 saturated heterocycles. The van der Waals surface area contributed by atoms with Gasteiger partial charge in [0.1, 0.15) is 12.2 Å². The zero-order valence-electron chi connectivity index (χ0n) is 12.3. The molecular weight excluding hydrogens is 328 g/mol. The number of rotatable bonds is 3. The van der Waals surface area contributed by atoms with Crippen molar-refractivity contribution in [3.05, 3.63) is 75.1 Å². The summed E-state index contributed by atoms with van der Waals surface area (Å²) < 4.78 is 63.5. The van der Waals surface area contributed by atoms with E-state index in [9.17, 15) is 22.4 Å². The van der Waals surface area contributed by atoms with Crippen molar-refractivity contribution in [3.8, 4) is 5.75 Å². The minimum Gasteiger partial charge on any atom is -0.483 e. The van der Waals surface area contributed by atoms with Crippen LogP contribution in [0, 0.1) is 30.2 Å². The standard InChI is InChI=1S/C17H10F4O3/c1-8-2-3-10-9(5-14(22)24-13(10)4-8)7-23-17-15(20)11(18)6-12(19)16(17)21/h2-6H,7H2,1H3. The van der Waals surface area contributed by atoms with E-state index in [1.54, 1.807) is 25.1 Å². The molecule has 3 aromatic rings. The molecule has 0 aliphatic rings. The first kappa shape index (κ1) is 16.0. The molecule has 1 heterocycles. The summed E-state index contributed by atoms with van der Waals surface area (Å²) in [6.45, 7) is 1.32. The average Bonchev–Trinajstić information content (AvgIpc) is 2.52. The van der Waals surface area contributed by atoms with Crippen molar-refractivity contribution < 1.29 is 26.7 Å². The second-order valence-corrected chi connectivity index (χ2v) is 5.18. The summed E-state index contributed by atoms with van der Waals surface area (Å²) in [7, 11) is 0. The van der Waals surface area contributed by atoms with Gasteiger partial charge in [0.2, 0.25) is 11.6 Å². The Bertz CT molecular complexity index is 969. The molecule has 0 amide bonds. The third kappa shape index (κ3) is 2.84. The summed E-state index contributed by atoms with van der Waals surface area (Å²) in [6, 6.07) is 6.18. The maximum atomic E-state index is 13.6. The lowest BCUT2D eigenvalue weighted by Gasteiger charge is -2.11. The van der Waals surface area contributed by atoms with Crippen LogP contribution < -0.4 is 10.4 Å². The van der Waals surface area contributed by atoms with Crippen LogP contribution in [0.4, 0.5) is 17.6 Å². The topological polar surface area (TPSA) is 39.4 Å². The summed E-state index contributed by atoms with van der Waals surface area (Å²) in [5.41, 5.74) is 0.697. The highest BCUT2D eigenvalue weighted by molar-refractivity contribution is 5.80. The molecule has 0 aliphatic heterocycles. The first-order chi connectivity index (χ1) is 11.4. The molecule has 24 heavy (non-hydrogen) atoms. The lowest BCUT2D eigenvalue weighted by atomic mass is 10.1. The first-order valence-electron chi connectivity index (χ1n) is 6.86. The average molecular weight is 338 g/mol. The van der Waals surface area contributed by atoms with Crippen molar-refractivity contribution in [1.29, 1.82) is 0 Å². The first-order valence-corrected chi connectivity index (χ1v) is 6.86. The summed E-state index contributed by atoms with van der Waals surface area (Å²) in [6.07, 6.45) is 0. The number of benzene rings is 2. The largest absolute Gasteiger partial charge is 0.483 e. The van der Waals surface area contributed by atoms with Gasteiger partial charge in [0.05, 0.1) is 0 Å². The van der Waals surface area contributed by atoms with Crippen molar-refractivity contribution in [2.75, 3.05) is 0 Å². The van der Waals surface area contributed by atoms with E-state index in [0.29, 0.717) is 5.39 Å². The number of hydrogen-bond donors (Lipinski definition) is 0. The highest BCUT2D eigenvalue weighted by Gasteiger charge is 2.21. The Balaban J connectivity index is 2.02. The molecule has 0 bridgehead atoms. The number of halogens is 4. The second-order valence-electron chi connectivity index (χ2n) is 5.18. The summed E-state index contributed by atoms with van der Waals surface area (Å²) >= 11 is 0. The summed E-state index contributed by atoms with van der Waals surface area (Å²) in [5.74, 6) is -7.61. The van der Waals surface area contributed by atoms with E-state index in [2.05, 4.69) is 0 Å². The van der Waals surface area contributed by atoms with Gasteiger partial charge in [-0.1, -0.05) is 12.1 Å². The monoisotopic (exact) mass is 338 g/mol. The molecule has 7 heteroatoms. The number of hydrogen-bond acceptors (Lipinski definition) is 3. The van der Waals surface area contributed by atoms with Crippen LogP contribution in [0.25, 0.3) is 11.0 Å². The van der Waals surface area contributed by atoms with Crippen LogP contribution in [0.3, 0.4) is 0 Å². The SMILES string of the molecule is Cc1ccc2c(COc3c(F)c(F)cc(F)c3F)cc(=O)oc2c1. The van der Waals surface area contributed by atoms with E-state index in [1.807, 2.05) is 0 Å². The fourth-order valence-corrected chi connectivity index (χ4v) is 2.28.